The molecule has 0 aliphatic carbocycles. The number of aliphatic carboxylic acids is 1. The topological polar surface area (TPSA) is 116 Å². The SMILES string of the molecule is CC(=O)Oc1ccc(C[C@](C)(N)C(=O)O)cc1OC(C)=O. The Labute approximate surface area is 121 Å². The fraction of sp³-hybridized carbons (Fsp3) is 0.357. The van der Waals surface area contributed by atoms with Crippen LogP contribution >= 0.6 is 0 Å². The van der Waals surface area contributed by atoms with Crippen LogP contribution in [0.1, 0.15) is 26.3 Å². The molecule has 0 fully saturated rings. The highest BCUT2D eigenvalue weighted by atomic mass is 16.6. The summed E-state index contributed by atoms with van der Waals surface area (Å²) in [5.74, 6) is -2.19. The van der Waals surface area contributed by atoms with Crippen molar-refractivity contribution in [2.24, 2.45) is 5.73 Å². The average Bonchev–Trinajstić information content (AvgIpc) is 2.30. The second kappa shape index (κ2) is 6.36. The molecule has 0 spiro atoms. The predicted octanol–water partition coefficient (Wildman–Crippen LogP) is 0.882. The van der Waals surface area contributed by atoms with Crippen molar-refractivity contribution in [3.05, 3.63) is 23.8 Å². The van der Waals surface area contributed by atoms with Crippen LogP contribution in [0.5, 0.6) is 11.5 Å². The van der Waals surface area contributed by atoms with Crippen LogP contribution in [-0.2, 0) is 20.8 Å². The number of rotatable bonds is 5. The Morgan fingerprint density at radius 3 is 2.14 bits per heavy atom. The molecular weight excluding hydrogens is 278 g/mol. The van der Waals surface area contributed by atoms with E-state index in [1.165, 1.54) is 32.9 Å². The minimum atomic E-state index is -1.46. The van der Waals surface area contributed by atoms with E-state index < -0.39 is 23.4 Å². The number of carboxylic acid groups (broad SMARTS) is 1. The molecule has 0 amide bonds. The van der Waals surface area contributed by atoms with Gasteiger partial charge in [0.25, 0.3) is 0 Å². The van der Waals surface area contributed by atoms with Gasteiger partial charge in [0.2, 0.25) is 0 Å². The second-order valence-electron chi connectivity index (χ2n) is 4.87. The molecule has 1 aromatic carbocycles. The van der Waals surface area contributed by atoms with Crippen LogP contribution in [0.25, 0.3) is 0 Å². The summed E-state index contributed by atoms with van der Waals surface area (Å²) in [6.07, 6.45) is 0.0248. The van der Waals surface area contributed by atoms with Gasteiger partial charge in [-0.15, -0.1) is 0 Å². The van der Waals surface area contributed by atoms with E-state index in [4.69, 9.17) is 20.3 Å². The van der Waals surface area contributed by atoms with E-state index in [0.29, 0.717) is 5.56 Å². The molecule has 7 heteroatoms. The van der Waals surface area contributed by atoms with Gasteiger partial charge in [0.15, 0.2) is 11.5 Å². The lowest BCUT2D eigenvalue weighted by molar-refractivity contribution is -0.142. The van der Waals surface area contributed by atoms with Crippen LogP contribution < -0.4 is 15.2 Å². The second-order valence-corrected chi connectivity index (χ2v) is 4.87. The van der Waals surface area contributed by atoms with Crippen molar-refractivity contribution >= 4 is 17.9 Å². The molecule has 0 heterocycles. The van der Waals surface area contributed by atoms with Gasteiger partial charge in [-0.3, -0.25) is 14.4 Å². The zero-order valence-electron chi connectivity index (χ0n) is 12.0. The Hall–Kier alpha value is -2.41. The molecule has 1 rings (SSSR count). The maximum absolute atomic E-state index is 11.1. The van der Waals surface area contributed by atoms with Crippen LogP contribution in [0.2, 0.25) is 0 Å². The molecule has 21 heavy (non-hydrogen) atoms. The third-order valence-electron chi connectivity index (χ3n) is 2.58. The number of carbonyl (C=O) groups is 3. The fourth-order valence-electron chi connectivity index (χ4n) is 1.64. The lowest BCUT2D eigenvalue weighted by Gasteiger charge is -2.19. The average molecular weight is 295 g/mol. The first-order chi connectivity index (χ1) is 9.61. The zero-order valence-corrected chi connectivity index (χ0v) is 12.0. The summed E-state index contributed by atoms with van der Waals surface area (Å²) in [4.78, 5) is 33.1. The molecule has 0 radical (unpaired) electrons. The fourth-order valence-corrected chi connectivity index (χ4v) is 1.64. The van der Waals surface area contributed by atoms with Crippen molar-refractivity contribution in [3.63, 3.8) is 0 Å². The summed E-state index contributed by atoms with van der Waals surface area (Å²) in [7, 11) is 0. The zero-order chi connectivity index (χ0) is 16.2. The van der Waals surface area contributed by atoms with Gasteiger partial charge >= 0.3 is 17.9 Å². The molecule has 0 unspecified atom stereocenters. The van der Waals surface area contributed by atoms with Gasteiger partial charge in [-0.1, -0.05) is 6.07 Å². The predicted molar refractivity (Wildman–Crippen MR) is 73.0 cm³/mol. The maximum Gasteiger partial charge on any atom is 0.323 e. The number of hydrogen-bond donors (Lipinski definition) is 2. The van der Waals surface area contributed by atoms with Crippen molar-refractivity contribution in [2.75, 3.05) is 0 Å². The quantitative estimate of drug-likeness (QED) is 0.611. The van der Waals surface area contributed by atoms with E-state index in [-0.39, 0.29) is 17.9 Å². The number of ether oxygens (including phenoxy) is 2. The van der Waals surface area contributed by atoms with Gasteiger partial charge < -0.3 is 20.3 Å². The molecule has 1 atom stereocenters. The highest BCUT2D eigenvalue weighted by Gasteiger charge is 2.28. The molecule has 0 aliphatic rings. The van der Waals surface area contributed by atoms with Crippen molar-refractivity contribution in [3.8, 4) is 11.5 Å². The Kier molecular flexibility index (Phi) is 5.04. The van der Waals surface area contributed by atoms with Crippen molar-refractivity contribution < 1.29 is 29.0 Å². The van der Waals surface area contributed by atoms with E-state index in [0.717, 1.165) is 0 Å². The van der Waals surface area contributed by atoms with E-state index in [1.807, 2.05) is 0 Å². The lowest BCUT2D eigenvalue weighted by atomic mass is 9.94. The first kappa shape index (κ1) is 16.6. The number of esters is 2. The van der Waals surface area contributed by atoms with Crippen LogP contribution in [0, 0.1) is 0 Å². The summed E-state index contributed by atoms with van der Waals surface area (Å²) < 4.78 is 9.87. The molecule has 7 nitrogen and oxygen atoms in total. The Morgan fingerprint density at radius 2 is 1.67 bits per heavy atom. The third kappa shape index (κ3) is 4.88. The van der Waals surface area contributed by atoms with E-state index in [2.05, 4.69) is 0 Å². The number of nitrogens with two attached hydrogens (primary N) is 1. The minimum Gasteiger partial charge on any atom is -0.480 e. The van der Waals surface area contributed by atoms with Gasteiger partial charge in [0.1, 0.15) is 5.54 Å². The van der Waals surface area contributed by atoms with Crippen LogP contribution in [0.15, 0.2) is 18.2 Å². The number of hydrogen-bond acceptors (Lipinski definition) is 6. The van der Waals surface area contributed by atoms with Crippen molar-refractivity contribution in [2.45, 2.75) is 32.7 Å². The lowest BCUT2D eigenvalue weighted by Crippen LogP contribution is -2.46. The van der Waals surface area contributed by atoms with Crippen LogP contribution in [0.4, 0.5) is 0 Å². The first-order valence-corrected chi connectivity index (χ1v) is 6.14. The summed E-state index contributed by atoms with van der Waals surface area (Å²) in [6, 6.07) is 4.40. The number of benzene rings is 1. The highest BCUT2D eigenvalue weighted by Crippen LogP contribution is 2.30. The largest absolute Gasteiger partial charge is 0.480 e. The van der Waals surface area contributed by atoms with Gasteiger partial charge in [-0.25, -0.2) is 0 Å². The highest BCUT2D eigenvalue weighted by molar-refractivity contribution is 5.78. The minimum absolute atomic E-state index is 0.0248. The smallest absolute Gasteiger partial charge is 0.323 e. The van der Waals surface area contributed by atoms with E-state index >= 15 is 0 Å². The summed E-state index contributed by atoms with van der Waals surface area (Å²) in [5.41, 5.74) is 4.74. The summed E-state index contributed by atoms with van der Waals surface area (Å²) in [5, 5.41) is 9.01. The van der Waals surface area contributed by atoms with Gasteiger partial charge in [-0.2, -0.15) is 0 Å². The molecular formula is C14H17NO6. The van der Waals surface area contributed by atoms with Crippen molar-refractivity contribution in [1.29, 1.82) is 0 Å². The third-order valence-corrected chi connectivity index (χ3v) is 2.58. The van der Waals surface area contributed by atoms with Gasteiger partial charge in [-0.05, 0) is 24.6 Å². The summed E-state index contributed by atoms with van der Waals surface area (Å²) >= 11 is 0. The van der Waals surface area contributed by atoms with E-state index in [9.17, 15) is 14.4 Å². The molecule has 114 valence electrons. The molecule has 0 aliphatic heterocycles. The van der Waals surface area contributed by atoms with E-state index in [1.54, 1.807) is 6.07 Å². The Morgan fingerprint density at radius 1 is 1.14 bits per heavy atom. The van der Waals surface area contributed by atoms with Gasteiger partial charge in [0, 0.05) is 20.3 Å². The molecule has 1 aromatic rings. The van der Waals surface area contributed by atoms with Crippen LogP contribution in [0.3, 0.4) is 0 Å². The first-order valence-electron chi connectivity index (χ1n) is 6.14. The van der Waals surface area contributed by atoms with Crippen molar-refractivity contribution in [1.82, 2.24) is 0 Å². The molecule has 0 aromatic heterocycles. The number of carbonyl (C=O) groups excluding carboxylic acids is 2. The monoisotopic (exact) mass is 295 g/mol. The standard InChI is InChI=1S/C14H17NO6/c1-8(16)20-11-5-4-10(6-12(11)21-9(2)17)7-14(3,15)13(18)19/h4-6H,7,15H2,1-3H3,(H,18,19)/t14-/m0/s1. The molecule has 0 saturated heterocycles. The molecule has 0 saturated carbocycles. The molecule has 0 bridgehead atoms. The van der Waals surface area contributed by atoms with Gasteiger partial charge in [0.05, 0.1) is 0 Å². The Bertz CT molecular complexity index is 579. The van der Waals surface area contributed by atoms with Crippen LogP contribution in [-0.4, -0.2) is 28.6 Å². The normalized spacial score (nSPS) is 13.1. The molecule has 3 N–H and O–H groups in total. The number of carboxylic acids is 1. The maximum atomic E-state index is 11.1. The Balaban J connectivity index is 3.11. The summed E-state index contributed by atoms with van der Waals surface area (Å²) in [6.45, 7) is 3.79.